The van der Waals surface area contributed by atoms with E-state index in [1.165, 1.54) is 19.3 Å². The monoisotopic (exact) mass is 217 g/mol. The van der Waals surface area contributed by atoms with Crippen LogP contribution in [0.1, 0.15) is 32.6 Å². The molecule has 2 aliphatic rings. The van der Waals surface area contributed by atoms with Gasteiger partial charge < -0.3 is 5.32 Å². The van der Waals surface area contributed by atoms with Gasteiger partial charge in [-0.2, -0.15) is 0 Å². The van der Waals surface area contributed by atoms with Crippen molar-refractivity contribution in [3.05, 3.63) is 0 Å². The number of rotatable bonds is 2. The zero-order valence-corrected chi connectivity index (χ0v) is 9.52. The van der Waals surface area contributed by atoms with E-state index < -0.39 is 9.84 Å². The second kappa shape index (κ2) is 3.81. The summed E-state index contributed by atoms with van der Waals surface area (Å²) in [6.45, 7) is 2.27. The zero-order valence-electron chi connectivity index (χ0n) is 8.70. The van der Waals surface area contributed by atoms with Crippen LogP contribution in [0.3, 0.4) is 0 Å². The first kappa shape index (κ1) is 10.4. The fourth-order valence-electron chi connectivity index (χ4n) is 2.62. The maximum atomic E-state index is 11.2. The highest BCUT2D eigenvalue weighted by Crippen LogP contribution is 2.26. The summed E-state index contributed by atoms with van der Waals surface area (Å²) in [5.41, 5.74) is 0. The molecule has 3 nitrogen and oxygen atoms in total. The van der Waals surface area contributed by atoms with Crippen LogP contribution in [0.25, 0.3) is 0 Å². The molecular weight excluding hydrogens is 198 g/mol. The van der Waals surface area contributed by atoms with Crippen LogP contribution < -0.4 is 5.32 Å². The molecule has 1 N–H and O–H groups in total. The van der Waals surface area contributed by atoms with Crippen molar-refractivity contribution in [3.63, 3.8) is 0 Å². The van der Waals surface area contributed by atoms with Gasteiger partial charge in [0.25, 0.3) is 0 Å². The van der Waals surface area contributed by atoms with Gasteiger partial charge in [-0.15, -0.1) is 0 Å². The van der Waals surface area contributed by atoms with Gasteiger partial charge in [-0.25, -0.2) is 8.42 Å². The smallest absolute Gasteiger partial charge is 0.151 e. The minimum Gasteiger partial charge on any atom is -0.310 e. The molecule has 2 fully saturated rings. The van der Waals surface area contributed by atoms with E-state index in [0.29, 0.717) is 17.5 Å². The molecular formula is C10H19NO2S. The first-order valence-electron chi connectivity index (χ1n) is 5.51. The van der Waals surface area contributed by atoms with Crippen LogP contribution in [0.4, 0.5) is 0 Å². The van der Waals surface area contributed by atoms with Gasteiger partial charge in [-0.1, -0.05) is 6.92 Å². The largest absolute Gasteiger partial charge is 0.310 e. The van der Waals surface area contributed by atoms with Gasteiger partial charge in [-0.05, 0) is 31.6 Å². The molecule has 1 heterocycles. The van der Waals surface area contributed by atoms with Gasteiger partial charge in [-0.3, -0.25) is 0 Å². The Morgan fingerprint density at radius 1 is 1.14 bits per heavy atom. The highest BCUT2D eigenvalue weighted by atomic mass is 32.2. The minimum absolute atomic E-state index is 0.232. The molecule has 0 radical (unpaired) electrons. The fourth-order valence-corrected chi connectivity index (χ4v) is 4.30. The van der Waals surface area contributed by atoms with E-state index in [0.717, 1.165) is 12.3 Å². The predicted octanol–water partition coefficient (Wildman–Crippen LogP) is 0.952. The summed E-state index contributed by atoms with van der Waals surface area (Å²) in [6.07, 6.45) is 4.54. The summed E-state index contributed by atoms with van der Waals surface area (Å²) in [7, 11) is -2.71. The Kier molecular flexibility index (Phi) is 2.84. The van der Waals surface area contributed by atoms with Crippen molar-refractivity contribution >= 4 is 9.84 Å². The molecule has 2 rings (SSSR count). The molecule has 0 amide bonds. The highest BCUT2D eigenvalue weighted by molar-refractivity contribution is 7.91. The molecule has 1 saturated heterocycles. The predicted molar refractivity (Wildman–Crippen MR) is 57.0 cm³/mol. The first-order valence-corrected chi connectivity index (χ1v) is 7.34. The summed E-state index contributed by atoms with van der Waals surface area (Å²) in [6, 6.07) is 0.804. The Morgan fingerprint density at radius 2 is 1.93 bits per heavy atom. The van der Waals surface area contributed by atoms with Crippen molar-refractivity contribution in [2.75, 3.05) is 11.5 Å². The molecule has 0 unspecified atom stereocenters. The van der Waals surface area contributed by atoms with E-state index in [4.69, 9.17) is 0 Å². The third-order valence-corrected chi connectivity index (χ3v) is 5.17. The quantitative estimate of drug-likeness (QED) is 0.749. The Balaban J connectivity index is 1.82. The van der Waals surface area contributed by atoms with Crippen LogP contribution in [-0.2, 0) is 9.84 Å². The normalized spacial score (nSPS) is 41.6. The molecule has 1 aliphatic heterocycles. The van der Waals surface area contributed by atoms with E-state index >= 15 is 0 Å². The number of hydrogen-bond acceptors (Lipinski definition) is 3. The second-order valence-corrected chi connectivity index (χ2v) is 7.11. The molecule has 0 aromatic heterocycles. The number of sulfone groups is 1. The lowest BCUT2D eigenvalue weighted by Crippen LogP contribution is -2.37. The van der Waals surface area contributed by atoms with Crippen molar-refractivity contribution in [2.45, 2.75) is 44.7 Å². The minimum atomic E-state index is -2.71. The van der Waals surface area contributed by atoms with Crippen LogP contribution in [0, 0.1) is 5.92 Å². The van der Waals surface area contributed by atoms with E-state index in [1.54, 1.807) is 0 Å². The molecule has 0 spiro atoms. The average Bonchev–Trinajstić information content (AvgIpc) is 2.59. The van der Waals surface area contributed by atoms with E-state index in [-0.39, 0.29) is 6.04 Å². The summed E-state index contributed by atoms with van der Waals surface area (Å²) in [5, 5.41) is 3.48. The molecule has 0 aromatic rings. The summed E-state index contributed by atoms with van der Waals surface area (Å²) >= 11 is 0. The van der Waals surface area contributed by atoms with Crippen LogP contribution in [0.2, 0.25) is 0 Å². The average molecular weight is 217 g/mol. The summed E-state index contributed by atoms with van der Waals surface area (Å²) in [4.78, 5) is 0. The van der Waals surface area contributed by atoms with Gasteiger partial charge in [0, 0.05) is 12.1 Å². The Hall–Kier alpha value is -0.0900. The van der Waals surface area contributed by atoms with Gasteiger partial charge in [0.1, 0.15) is 0 Å². The molecule has 3 atom stereocenters. The van der Waals surface area contributed by atoms with Crippen LogP contribution >= 0.6 is 0 Å². The van der Waals surface area contributed by atoms with Gasteiger partial charge in [0.15, 0.2) is 9.84 Å². The molecule has 1 saturated carbocycles. The molecule has 82 valence electrons. The van der Waals surface area contributed by atoms with Crippen molar-refractivity contribution in [1.82, 2.24) is 5.32 Å². The van der Waals surface area contributed by atoms with Crippen molar-refractivity contribution in [1.29, 1.82) is 0 Å². The van der Waals surface area contributed by atoms with E-state index in [1.807, 2.05) is 0 Å². The van der Waals surface area contributed by atoms with Gasteiger partial charge in [0.2, 0.25) is 0 Å². The van der Waals surface area contributed by atoms with Gasteiger partial charge in [0.05, 0.1) is 11.5 Å². The molecule has 14 heavy (non-hydrogen) atoms. The molecule has 0 aromatic carbocycles. The van der Waals surface area contributed by atoms with Crippen molar-refractivity contribution in [3.8, 4) is 0 Å². The Morgan fingerprint density at radius 3 is 2.43 bits per heavy atom. The topological polar surface area (TPSA) is 46.2 Å². The Labute approximate surface area is 86.2 Å². The highest BCUT2D eigenvalue weighted by Gasteiger charge is 2.31. The van der Waals surface area contributed by atoms with Gasteiger partial charge >= 0.3 is 0 Å². The maximum Gasteiger partial charge on any atom is 0.151 e. The SMILES string of the molecule is C[C@@H]1CC[C@@H](N[C@H]2CCS(=O)(=O)C2)C1. The lowest BCUT2D eigenvalue weighted by atomic mass is 10.1. The van der Waals surface area contributed by atoms with E-state index in [2.05, 4.69) is 12.2 Å². The van der Waals surface area contributed by atoms with Crippen molar-refractivity contribution in [2.24, 2.45) is 5.92 Å². The molecule has 4 heteroatoms. The molecule has 0 bridgehead atoms. The lowest BCUT2D eigenvalue weighted by molar-refractivity contribution is 0.443. The first-order chi connectivity index (χ1) is 6.55. The third-order valence-electron chi connectivity index (χ3n) is 3.40. The van der Waals surface area contributed by atoms with Crippen LogP contribution in [0.15, 0.2) is 0 Å². The zero-order chi connectivity index (χ0) is 10.2. The van der Waals surface area contributed by atoms with Crippen LogP contribution in [-0.4, -0.2) is 32.0 Å². The summed E-state index contributed by atoms with van der Waals surface area (Å²) in [5.74, 6) is 1.55. The maximum absolute atomic E-state index is 11.2. The number of hydrogen-bond donors (Lipinski definition) is 1. The fraction of sp³-hybridized carbons (Fsp3) is 1.00. The van der Waals surface area contributed by atoms with E-state index in [9.17, 15) is 8.42 Å². The third kappa shape index (κ3) is 2.48. The Bertz CT molecular complexity index is 299. The molecule has 1 aliphatic carbocycles. The number of nitrogens with one attached hydrogen (secondary N) is 1. The van der Waals surface area contributed by atoms with Crippen LogP contribution in [0.5, 0.6) is 0 Å². The van der Waals surface area contributed by atoms with Crippen molar-refractivity contribution < 1.29 is 8.42 Å². The second-order valence-electron chi connectivity index (χ2n) is 4.88. The summed E-state index contributed by atoms with van der Waals surface area (Å²) < 4.78 is 22.5. The lowest BCUT2D eigenvalue weighted by Gasteiger charge is -2.17. The standard InChI is InChI=1S/C10H19NO2S/c1-8-2-3-9(6-8)11-10-4-5-14(12,13)7-10/h8-11H,2-7H2,1H3/t8-,9-,10+/m1/s1.